The molecule has 0 bridgehead atoms. The van der Waals surface area contributed by atoms with Crippen molar-refractivity contribution in [2.75, 3.05) is 18.5 Å². The number of carbonyl (C=O) groups is 1. The van der Waals surface area contributed by atoms with E-state index in [2.05, 4.69) is 10.6 Å². The fourth-order valence-corrected chi connectivity index (χ4v) is 2.81. The summed E-state index contributed by atoms with van der Waals surface area (Å²) in [6, 6.07) is 2.10. The van der Waals surface area contributed by atoms with E-state index in [1.807, 2.05) is 0 Å². The van der Waals surface area contributed by atoms with E-state index in [-0.39, 0.29) is 18.2 Å². The van der Waals surface area contributed by atoms with E-state index in [0.717, 1.165) is 37.5 Å². The summed E-state index contributed by atoms with van der Waals surface area (Å²) in [6.07, 6.45) is -2.21. The minimum absolute atomic E-state index is 0.0677. The van der Waals surface area contributed by atoms with Gasteiger partial charge in [0.25, 0.3) is 0 Å². The number of amides is 2. The average Bonchev–Trinajstić information content (AvgIpc) is 2.54. The Bertz CT molecular complexity index is 616. The summed E-state index contributed by atoms with van der Waals surface area (Å²) < 4.78 is 60.5. The van der Waals surface area contributed by atoms with E-state index < -0.39 is 35.7 Å². The lowest BCUT2D eigenvalue weighted by molar-refractivity contribution is -0.286. The first-order valence-electron chi connectivity index (χ1n) is 7.37. The van der Waals surface area contributed by atoms with Gasteiger partial charge in [-0.2, -0.15) is 13.2 Å². The number of alkyl halides is 3. The summed E-state index contributed by atoms with van der Waals surface area (Å²) in [4.78, 5) is 11.6. The molecule has 1 heterocycles. The summed E-state index contributed by atoms with van der Waals surface area (Å²) in [5.74, 6) is -0.751. The van der Waals surface area contributed by atoms with Gasteiger partial charge in [0.1, 0.15) is 5.82 Å². The first kappa shape index (κ1) is 16.0. The van der Waals surface area contributed by atoms with Crippen LogP contribution in [0.3, 0.4) is 0 Å². The molecule has 2 N–H and O–H groups in total. The molecule has 1 atom stereocenters. The number of fused-ring (bicyclic) bond motifs is 1. The van der Waals surface area contributed by atoms with Gasteiger partial charge in [-0.25, -0.2) is 9.18 Å². The topological polar surface area (TPSA) is 50.4 Å². The molecule has 23 heavy (non-hydrogen) atoms. The largest absolute Gasteiger partial charge is 0.423 e. The average molecular weight is 332 g/mol. The van der Waals surface area contributed by atoms with E-state index in [1.54, 1.807) is 0 Å². The van der Waals surface area contributed by atoms with Gasteiger partial charge < -0.3 is 15.4 Å². The van der Waals surface area contributed by atoms with Crippen LogP contribution in [0.4, 0.5) is 28.0 Å². The molecule has 0 spiro atoms. The van der Waals surface area contributed by atoms with E-state index in [4.69, 9.17) is 4.74 Å². The molecule has 1 aromatic rings. The normalized spacial score (nSPS) is 25.0. The molecule has 1 aromatic carbocycles. The molecule has 126 valence electrons. The lowest BCUT2D eigenvalue weighted by Gasteiger charge is -2.38. The maximum absolute atomic E-state index is 13.9. The molecule has 3 rings (SSSR count). The van der Waals surface area contributed by atoms with Crippen LogP contribution in [0.25, 0.3) is 0 Å². The Morgan fingerprint density at radius 1 is 1.30 bits per heavy atom. The molecule has 2 aliphatic rings. The molecule has 1 fully saturated rings. The van der Waals surface area contributed by atoms with E-state index >= 15 is 0 Å². The second-order valence-corrected chi connectivity index (χ2v) is 5.93. The van der Waals surface area contributed by atoms with Crippen LogP contribution in [0.5, 0.6) is 0 Å². The predicted octanol–water partition coefficient (Wildman–Crippen LogP) is 3.54. The van der Waals surface area contributed by atoms with Gasteiger partial charge in [-0.3, -0.25) is 0 Å². The number of benzene rings is 1. The summed E-state index contributed by atoms with van der Waals surface area (Å²) in [7, 11) is 0. The van der Waals surface area contributed by atoms with Crippen LogP contribution in [-0.2, 0) is 10.3 Å². The van der Waals surface area contributed by atoms with Gasteiger partial charge in [-0.1, -0.05) is 6.42 Å². The highest BCUT2D eigenvalue weighted by Crippen LogP contribution is 2.46. The maximum atomic E-state index is 13.9. The Labute approximate surface area is 130 Å². The zero-order valence-corrected chi connectivity index (χ0v) is 12.2. The number of nitrogens with one attached hydrogen (secondary N) is 2. The first-order valence-corrected chi connectivity index (χ1v) is 7.37. The fraction of sp³-hybridized carbons (Fsp3) is 0.533. The maximum Gasteiger partial charge on any atom is 0.423 e. The molecule has 1 saturated carbocycles. The van der Waals surface area contributed by atoms with Crippen molar-refractivity contribution < 1.29 is 27.1 Å². The number of anilines is 1. The zero-order valence-electron chi connectivity index (χ0n) is 12.2. The van der Waals surface area contributed by atoms with E-state index in [0.29, 0.717) is 0 Å². The summed E-state index contributed by atoms with van der Waals surface area (Å²) in [5.41, 5.74) is -3.28. The Hall–Kier alpha value is -1.83. The number of rotatable bonds is 3. The second-order valence-electron chi connectivity index (χ2n) is 5.93. The van der Waals surface area contributed by atoms with Crippen LogP contribution >= 0.6 is 0 Å². The van der Waals surface area contributed by atoms with E-state index in [9.17, 15) is 22.4 Å². The minimum atomic E-state index is -4.81. The van der Waals surface area contributed by atoms with Crippen molar-refractivity contribution in [2.45, 2.75) is 31.0 Å². The Morgan fingerprint density at radius 3 is 2.65 bits per heavy atom. The van der Waals surface area contributed by atoms with Gasteiger partial charge in [0.05, 0.1) is 13.2 Å². The molecular formula is C15H16F4N2O2. The van der Waals surface area contributed by atoms with Crippen LogP contribution in [-0.4, -0.2) is 25.4 Å². The molecule has 1 aliphatic heterocycles. The van der Waals surface area contributed by atoms with Gasteiger partial charge in [0.15, 0.2) is 0 Å². The van der Waals surface area contributed by atoms with Crippen molar-refractivity contribution >= 4 is 11.7 Å². The van der Waals surface area contributed by atoms with Crippen LogP contribution < -0.4 is 10.6 Å². The van der Waals surface area contributed by atoms with Crippen molar-refractivity contribution in [3.63, 3.8) is 0 Å². The molecule has 0 saturated heterocycles. The third kappa shape index (κ3) is 2.87. The molecule has 2 amide bonds. The third-order valence-corrected chi connectivity index (χ3v) is 4.41. The lowest BCUT2D eigenvalue weighted by Crippen LogP contribution is -2.52. The minimum Gasteiger partial charge on any atom is -0.359 e. The number of hydrogen-bond acceptors (Lipinski definition) is 2. The Balaban J connectivity index is 2.05. The Morgan fingerprint density at radius 2 is 2.04 bits per heavy atom. The van der Waals surface area contributed by atoms with Crippen LogP contribution in [0.1, 0.15) is 24.8 Å². The fourth-order valence-electron chi connectivity index (χ4n) is 2.81. The number of carbonyl (C=O) groups excluding carboxylic acids is 1. The number of urea groups is 1. The highest BCUT2D eigenvalue weighted by atomic mass is 19.4. The van der Waals surface area contributed by atoms with Crippen LogP contribution in [0.2, 0.25) is 0 Å². The highest BCUT2D eigenvalue weighted by Gasteiger charge is 2.59. The molecule has 4 nitrogen and oxygen atoms in total. The van der Waals surface area contributed by atoms with Crippen molar-refractivity contribution in [1.29, 1.82) is 0 Å². The van der Waals surface area contributed by atoms with E-state index in [1.165, 1.54) is 0 Å². The molecule has 8 heteroatoms. The summed E-state index contributed by atoms with van der Waals surface area (Å²) in [6.45, 7) is -0.878. The second kappa shape index (κ2) is 5.67. The van der Waals surface area contributed by atoms with Gasteiger partial charge in [0.2, 0.25) is 5.60 Å². The third-order valence-electron chi connectivity index (χ3n) is 4.41. The van der Waals surface area contributed by atoms with Crippen LogP contribution in [0.15, 0.2) is 18.2 Å². The highest BCUT2D eigenvalue weighted by molar-refractivity contribution is 5.91. The number of ether oxygens (including phenoxy) is 1. The SMILES string of the molecule is O=C1NCC(OCC2CCC2)(C(F)(F)F)c2cc(F)ccc2N1. The molecule has 0 radical (unpaired) electrons. The predicted molar refractivity (Wildman–Crippen MR) is 74.4 cm³/mol. The number of hydrogen-bond donors (Lipinski definition) is 2. The lowest BCUT2D eigenvalue weighted by atomic mass is 9.85. The van der Waals surface area contributed by atoms with Gasteiger partial charge in [-0.15, -0.1) is 0 Å². The molecule has 1 aliphatic carbocycles. The van der Waals surface area contributed by atoms with Crippen molar-refractivity contribution in [3.05, 3.63) is 29.6 Å². The molecular weight excluding hydrogens is 316 g/mol. The monoisotopic (exact) mass is 332 g/mol. The van der Waals surface area contributed by atoms with Crippen molar-refractivity contribution in [1.82, 2.24) is 5.32 Å². The van der Waals surface area contributed by atoms with Gasteiger partial charge >= 0.3 is 12.2 Å². The quantitative estimate of drug-likeness (QED) is 0.832. The van der Waals surface area contributed by atoms with Crippen LogP contribution in [0, 0.1) is 11.7 Å². The summed E-state index contributed by atoms with van der Waals surface area (Å²) >= 11 is 0. The van der Waals surface area contributed by atoms with Gasteiger partial charge in [-0.05, 0) is 37.0 Å². The molecule has 0 aromatic heterocycles. The number of halogens is 4. The standard InChI is InChI=1S/C15H16F4N2O2/c16-10-4-5-12-11(6-10)14(15(17,18)19,8-20-13(22)21-12)23-7-9-2-1-3-9/h4-6,9H,1-3,7-8H2,(H2,20,21,22). The zero-order chi connectivity index (χ0) is 16.7. The first-order chi connectivity index (χ1) is 10.8. The molecule has 1 unspecified atom stereocenters. The van der Waals surface area contributed by atoms with Gasteiger partial charge in [0, 0.05) is 11.3 Å². The smallest absolute Gasteiger partial charge is 0.359 e. The summed E-state index contributed by atoms with van der Waals surface area (Å²) in [5, 5.41) is 4.45. The Kier molecular flexibility index (Phi) is 3.95. The van der Waals surface area contributed by atoms with Crippen molar-refractivity contribution in [3.8, 4) is 0 Å². The van der Waals surface area contributed by atoms with Crippen molar-refractivity contribution in [2.24, 2.45) is 5.92 Å².